The third kappa shape index (κ3) is 3.81. The highest BCUT2D eigenvalue weighted by Gasteiger charge is 2.52. The van der Waals surface area contributed by atoms with Gasteiger partial charge in [0.05, 0.1) is 16.7 Å². The van der Waals surface area contributed by atoms with Crippen LogP contribution in [0.25, 0.3) is 39.6 Å². The highest BCUT2D eigenvalue weighted by Crippen LogP contribution is 2.37. The van der Waals surface area contributed by atoms with Gasteiger partial charge in [-0.25, -0.2) is 4.98 Å². The van der Waals surface area contributed by atoms with Crippen LogP contribution in [-0.4, -0.2) is 37.8 Å². The summed E-state index contributed by atoms with van der Waals surface area (Å²) in [5.74, 6) is 1.78. The minimum atomic E-state index is -0.495. The summed E-state index contributed by atoms with van der Waals surface area (Å²) < 4.78 is 14.8. The van der Waals surface area contributed by atoms with Gasteiger partial charge in [0.15, 0.2) is 11.6 Å². The van der Waals surface area contributed by atoms with E-state index in [1.807, 2.05) is 83.6 Å². The first-order chi connectivity index (χ1) is 17.3. The SMILES string of the molecule is CC1(C)OB(c2cn(-c3nc(-c4ccccc4)nc(-c4ccccc4)n3)c3ccccc23)OC1(C)C. The third-order valence-electron chi connectivity index (χ3n) is 7.15. The summed E-state index contributed by atoms with van der Waals surface area (Å²) in [6.45, 7) is 8.26. The Morgan fingerprint density at radius 2 is 1.14 bits per heavy atom. The monoisotopic (exact) mass is 474 g/mol. The molecule has 0 amide bonds. The smallest absolute Gasteiger partial charge is 0.399 e. The Morgan fingerprint density at radius 1 is 0.639 bits per heavy atom. The fourth-order valence-corrected chi connectivity index (χ4v) is 4.43. The molecule has 3 aromatic carbocycles. The molecule has 1 saturated heterocycles. The van der Waals surface area contributed by atoms with Crippen molar-refractivity contribution in [1.29, 1.82) is 0 Å². The quantitative estimate of drug-likeness (QED) is 0.324. The number of rotatable bonds is 4. The summed E-state index contributed by atoms with van der Waals surface area (Å²) in [6, 6.07) is 28.2. The highest BCUT2D eigenvalue weighted by atomic mass is 16.7. The Morgan fingerprint density at radius 3 is 1.69 bits per heavy atom. The van der Waals surface area contributed by atoms with E-state index in [1.54, 1.807) is 0 Å². The fourth-order valence-electron chi connectivity index (χ4n) is 4.43. The maximum absolute atomic E-state index is 6.40. The molecule has 0 spiro atoms. The first-order valence-corrected chi connectivity index (χ1v) is 12.2. The molecule has 1 aliphatic heterocycles. The van der Waals surface area contributed by atoms with Crippen LogP contribution in [0, 0.1) is 0 Å². The number of nitrogens with zero attached hydrogens (tertiary/aromatic N) is 4. The molecule has 36 heavy (non-hydrogen) atoms. The summed E-state index contributed by atoms with van der Waals surface area (Å²) in [5, 5.41) is 1.04. The van der Waals surface area contributed by atoms with Gasteiger partial charge in [0.2, 0.25) is 5.95 Å². The van der Waals surface area contributed by atoms with Crippen LogP contribution in [0.2, 0.25) is 0 Å². The number of hydrogen-bond donors (Lipinski definition) is 0. The van der Waals surface area contributed by atoms with Crippen molar-refractivity contribution in [1.82, 2.24) is 19.5 Å². The van der Waals surface area contributed by atoms with Gasteiger partial charge < -0.3 is 9.31 Å². The van der Waals surface area contributed by atoms with Crippen LogP contribution in [0.3, 0.4) is 0 Å². The molecule has 0 N–H and O–H groups in total. The summed E-state index contributed by atoms with van der Waals surface area (Å²) in [7, 11) is -0.495. The predicted molar refractivity (Wildman–Crippen MR) is 143 cm³/mol. The Labute approximate surface area is 211 Å². The van der Waals surface area contributed by atoms with E-state index in [4.69, 9.17) is 24.3 Å². The maximum Gasteiger partial charge on any atom is 0.497 e. The molecule has 5 aromatic rings. The Hall–Kier alpha value is -3.81. The lowest BCUT2D eigenvalue weighted by Crippen LogP contribution is -2.41. The van der Waals surface area contributed by atoms with Gasteiger partial charge in [0.25, 0.3) is 0 Å². The fraction of sp³-hybridized carbons (Fsp3) is 0.207. The minimum Gasteiger partial charge on any atom is -0.399 e. The second-order valence-electron chi connectivity index (χ2n) is 10.1. The number of aromatic nitrogens is 4. The molecule has 3 heterocycles. The predicted octanol–water partition coefficient (Wildman–Crippen LogP) is 5.45. The summed E-state index contributed by atoms with van der Waals surface area (Å²) in [4.78, 5) is 14.6. The Balaban J connectivity index is 1.55. The average molecular weight is 474 g/mol. The summed E-state index contributed by atoms with van der Waals surface area (Å²) in [5.41, 5.74) is 2.92. The van der Waals surface area contributed by atoms with Crippen LogP contribution in [0.15, 0.2) is 91.1 Å². The largest absolute Gasteiger partial charge is 0.497 e. The van der Waals surface area contributed by atoms with Crippen molar-refractivity contribution < 1.29 is 9.31 Å². The van der Waals surface area contributed by atoms with Gasteiger partial charge in [0, 0.05) is 22.8 Å². The molecule has 0 atom stereocenters. The van der Waals surface area contributed by atoms with Crippen molar-refractivity contribution in [2.45, 2.75) is 38.9 Å². The number of hydrogen-bond acceptors (Lipinski definition) is 5. The molecule has 1 fully saturated rings. The maximum atomic E-state index is 6.40. The molecule has 2 aromatic heterocycles. The minimum absolute atomic E-state index is 0.436. The zero-order valence-corrected chi connectivity index (χ0v) is 20.8. The first kappa shape index (κ1) is 22.6. The lowest BCUT2D eigenvalue weighted by atomic mass is 9.79. The van der Waals surface area contributed by atoms with Crippen LogP contribution in [0.1, 0.15) is 27.7 Å². The molecule has 6 nitrogen and oxygen atoms in total. The van der Waals surface area contributed by atoms with Gasteiger partial charge in [0.1, 0.15) is 0 Å². The van der Waals surface area contributed by atoms with E-state index in [-0.39, 0.29) is 0 Å². The molecule has 0 bridgehead atoms. The van der Waals surface area contributed by atoms with Gasteiger partial charge in [-0.05, 0) is 39.1 Å². The van der Waals surface area contributed by atoms with Gasteiger partial charge in [-0.3, -0.25) is 4.57 Å². The second kappa shape index (κ2) is 8.40. The van der Waals surface area contributed by atoms with Gasteiger partial charge in [-0.15, -0.1) is 0 Å². The number of benzene rings is 3. The number of fused-ring (bicyclic) bond motifs is 1. The zero-order chi connectivity index (χ0) is 24.9. The molecule has 0 aliphatic carbocycles. The summed E-state index contributed by atoms with van der Waals surface area (Å²) in [6.07, 6.45) is 2.03. The molecule has 178 valence electrons. The van der Waals surface area contributed by atoms with Crippen molar-refractivity contribution in [2.24, 2.45) is 0 Å². The molecule has 7 heteroatoms. The van der Waals surface area contributed by atoms with Crippen molar-refractivity contribution in [3.8, 4) is 28.7 Å². The van der Waals surface area contributed by atoms with Gasteiger partial charge >= 0.3 is 7.12 Å². The Bertz CT molecular complexity index is 1470. The van der Waals surface area contributed by atoms with E-state index < -0.39 is 18.3 Å². The Kier molecular flexibility index (Phi) is 5.28. The molecule has 6 rings (SSSR count). The van der Waals surface area contributed by atoms with Crippen molar-refractivity contribution in [3.63, 3.8) is 0 Å². The molecular weight excluding hydrogens is 447 g/mol. The van der Waals surface area contributed by atoms with Crippen molar-refractivity contribution in [3.05, 3.63) is 91.1 Å². The van der Waals surface area contributed by atoms with Crippen LogP contribution in [0.5, 0.6) is 0 Å². The number of para-hydroxylation sites is 1. The van der Waals surface area contributed by atoms with Gasteiger partial charge in [-0.1, -0.05) is 78.9 Å². The normalized spacial score (nSPS) is 16.5. The van der Waals surface area contributed by atoms with Crippen molar-refractivity contribution in [2.75, 3.05) is 0 Å². The van der Waals surface area contributed by atoms with E-state index in [9.17, 15) is 0 Å². The molecule has 1 aliphatic rings. The summed E-state index contributed by atoms with van der Waals surface area (Å²) >= 11 is 0. The van der Waals surface area contributed by atoms with Crippen LogP contribution in [-0.2, 0) is 9.31 Å². The van der Waals surface area contributed by atoms with Crippen LogP contribution < -0.4 is 5.46 Å². The van der Waals surface area contributed by atoms with E-state index in [0.717, 1.165) is 27.5 Å². The molecular formula is C29H27BN4O2. The average Bonchev–Trinajstić information content (AvgIpc) is 3.38. The molecule has 0 saturated carbocycles. The third-order valence-corrected chi connectivity index (χ3v) is 7.15. The highest BCUT2D eigenvalue weighted by molar-refractivity contribution is 6.65. The molecule has 0 radical (unpaired) electrons. The molecule has 0 unspecified atom stereocenters. The van der Waals surface area contributed by atoms with E-state index >= 15 is 0 Å². The van der Waals surface area contributed by atoms with E-state index in [2.05, 4.69) is 39.8 Å². The first-order valence-electron chi connectivity index (χ1n) is 12.2. The zero-order valence-electron chi connectivity index (χ0n) is 20.8. The van der Waals surface area contributed by atoms with Crippen LogP contribution in [0.4, 0.5) is 0 Å². The van der Waals surface area contributed by atoms with Crippen LogP contribution >= 0.6 is 0 Å². The van der Waals surface area contributed by atoms with E-state index in [0.29, 0.717) is 17.6 Å². The second-order valence-corrected chi connectivity index (χ2v) is 10.1. The lowest BCUT2D eigenvalue weighted by molar-refractivity contribution is 0.00578. The topological polar surface area (TPSA) is 62.1 Å². The van der Waals surface area contributed by atoms with E-state index in [1.165, 1.54) is 0 Å². The van der Waals surface area contributed by atoms with Gasteiger partial charge in [-0.2, -0.15) is 9.97 Å². The lowest BCUT2D eigenvalue weighted by Gasteiger charge is -2.32. The van der Waals surface area contributed by atoms with Crippen molar-refractivity contribution >= 4 is 23.5 Å². The standard InChI is InChI=1S/C29H27BN4O2/c1-28(2)29(3,4)36-30(35-28)23-19-34(24-18-12-11-17-22(23)24)27-32-25(20-13-7-5-8-14-20)31-26(33-27)21-15-9-6-10-16-21/h5-19H,1-4H3.